The molecular weight excluding hydrogens is 276 g/mol. The maximum absolute atomic E-state index is 8.96. The quantitative estimate of drug-likeness (QED) is 0.862. The van der Waals surface area contributed by atoms with Crippen LogP contribution >= 0.6 is 35.6 Å². The maximum Gasteiger partial charge on any atom is 0.143 e. The van der Waals surface area contributed by atoms with Crippen molar-refractivity contribution in [3.63, 3.8) is 0 Å². The summed E-state index contributed by atoms with van der Waals surface area (Å²) in [5.74, 6) is 0.830. The van der Waals surface area contributed by atoms with Gasteiger partial charge in [-0.3, -0.25) is 4.90 Å². The highest BCUT2D eigenvalue weighted by Crippen LogP contribution is 2.26. The third-order valence-corrected chi connectivity index (χ3v) is 4.24. The SMILES string of the molecule is OCCN1CSC(=S)N(c2cccc(Cl)c2)C1. The van der Waals surface area contributed by atoms with Gasteiger partial charge in [-0.15, -0.1) is 0 Å². The molecule has 3 nitrogen and oxygen atoms in total. The van der Waals surface area contributed by atoms with Crippen LogP contribution in [-0.2, 0) is 0 Å². The van der Waals surface area contributed by atoms with Gasteiger partial charge < -0.3 is 10.0 Å². The summed E-state index contributed by atoms with van der Waals surface area (Å²) in [6, 6.07) is 7.64. The lowest BCUT2D eigenvalue weighted by Gasteiger charge is -2.36. The number of β-amino-alcohol motifs (C(OH)–C–C–N with tert-alkyl or cyclic N) is 1. The zero-order chi connectivity index (χ0) is 12.3. The summed E-state index contributed by atoms with van der Waals surface area (Å²) in [5, 5.41) is 9.67. The van der Waals surface area contributed by atoms with Crippen LogP contribution in [0.15, 0.2) is 24.3 Å². The van der Waals surface area contributed by atoms with E-state index in [1.165, 1.54) is 0 Å². The Morgan fingerprint density at radius 3 is 3.00 bits per heavy atom. The minimum absolute atomic E-state index is 0.163. The van der Waals surface area contributed by atoms with Crippen molar-refractivity contribution in [2.45, 2.75) is 0 Å². The molecule has 1 aliphatic heterocycles. The zero-order valence-electron chi connectivity index (χ0n) is 9.17. The molecule has 0 aromatic heterocycles. The van der Waals surface area contributed by atoms with Gasteiger partial charge in [0.15, 0.2) is 0 Å². The number of anilines is 1. The molecule has 17 heavy (non-hydrogen) atoms. The molecule has 1 heterocycles. The Morgan fingerprint density at radius 1 is 1.47 bits per heavy atom. The molecule has 1 saturated heterocycles. The second kappa shape index (κ2) is 6.02. The van der Waals surface area contributed by atoms with Gasteiger partial charge in [0, 0.05) is 17.3 Å². The molecule has 92 valence electrons. The zero-order valence-corrected chi connectivity index (χ0v) is 11.6. The molecule has 1 aromatic rings. The van der Waals surface area contributed by atoms with Crippen molar-refractivity contribution in [3.8, 4) is 0 Å². The molecule has 6 heteroatoms. The Labute approximate surface area is 115 Å². The summed E-state index contributed by atoms with van der Waals surface area (Å²) in [7, 11) is 0. The molecule has 0 spiro atoms. The van der Waals surface area contributed by atoms with Crippen LogP contribution in [0.4, 0.5) is 5.69 Å². The fourth-order valence-electron chi connectivity index (χ4n) is 1.63. The van der Waals surface area contributed by atoms with Gasteiger partial charge in [0.1, 0.15) is 4.32 Å². The molecule has 1 aromatic carbocycles. The number of rotatable bonds is 3. The van der Waals surface area contributed by atoms with Crippen molar-refractivity contribution in [1.82, 2.24) is 4.90 Å². The summed E-state index contributed by atoms with van der Waals surface area (Å²) in [6.07, 6.45) is 0. The van der Waals surface area contributed by atoms with Gasteiger partial charge >= 0.3 is 0 Å². The predicted octanol–water partition coefficient (Wildman–Crippen LogP) is 2.39. The van der Waals surface area contributed by atoms with Crippen molar-refractivity contribution in [1.29, 1.82) is 0 Å². The summed E-state index contributed by atoms with van der Waals surface area (Å²) >= 11 is 12.9. The second-order valence-electron chi connectivity index (χ2n) is 3.71. The lowest BCUT2D eigenvalue weighted by atomic mass is 10.3. The fraction of sp³-hybridized carbons (Fsp3) is 0.364. The van der Waals surface area contributed by atoms with E-state index in [0.29, 0.717) is 18.2 Å². The fourth-order valence-corrected chi connectivity index (χ4v) is 2.96. The van der Waals surface area contributed by atoms with Crippen molar-refractivity contribution in [2.75, 3.05) is 30.6 Å². The number of aliphatic hydroxyl groups is 1. The van der Waals surface area contributed by atoms with E-state index in [9.17, 15) is 0 Å². The molecule has 0 atom stereocenters. The molecule has 2 rings (SSSR count). The molecule has 0 unspecified atom stereocenters. The first kappa shape index (κ1) is 13.1. The topological polar surface area (TPSA) is 26.7 Å². The third-order valence-electron chi connectivity index (χ3n) is 2.47. The average molecular weight is 289 g/mol. The van der Waals surface area contributed by atoms with E-state index in [-0.39, 0.29) is 6.61 Å². The number of thioether (sulfide) groups is 1. The summed E-state index contributed by atoms with van der Waals surface area (Å²) < 4.78 is 0.849. The summed E-state index contributed by atoms with van der Waals surface area (Å²) in [4.78, 5) is 4.17. The van der Waals surface area contributed by atoms with Gasteiger partial charge in [-0.2, -0.15) is 0 Å². The van der Waals surface area contributed by atoms with Gasteiger partial charge in [0.25, 0.3) is 0 Å². The van der Waals surface area contributed by atoms with Gasteiger partial charge in [0.2, 0.25) is 0 Å². The lowest BCUT2D eigenvalue weighted by molar-refractivity contribution is 0.219. The number of aliphatic hydroxyl groups excluding tert-OH is 1. The van der Waals surface area contributed by atoms with E-state index in [1.807, 2.05) is 29.2 Å². The first-order valence-electron chi connectivity index (χ1n) is 5.24. The van der Waals surface area contributed by atoms with Crippen LogP contribution in [-0.4, -0.2) is 40.0 Å². The molecule has 0 amide bonds. The normalized spacial score (nSPS) is 17.5. The van der Waals surface area contributed by atoms with Gasteiger partial charge in [-0.05, 0) is 18.2 Å². The number of thiocarbonyl (C=S) groups is 1. The molecule has 0 saturated carbocycles. The number of benzene rings is 1. The monoisotopic (exact) mass is 288 g/mol. The Morgan fingerprint density at radius 2 is 2.29 bits per heavy atom. The van der Waals surface area contributed by atoms with Crippen molar-refractivity contribution in [2.24, 2.45) is 0 Å². The maximum atomic E-state index is 8.96. The van der Waals surface area contributed by atoms with Gasteiger partial charge in [0.05, 0.1) is 19.2 Å². The lowest BCUT2D eigenvalue weighted by Crippen LogP contribution is -2.45. The number of halogens is 1. The number of hydrogen-bond acceptors (Lipinski definition) is 4. The Balaban J connectivity index is 2.15. The molecule has 0 bridgehead atoms. The number of hydrogen-bond donors (Lipinski definition) is 1. The Bertz CT molecular complexity index is 416. The van der Waals surface area contributed by atoms with E-state index in [1.54, 1.807) is 11.8 Å². The highest BCUT2D eigenvalue weighted by atomic mass is 35.5. The van der Waals surface area contributed by atoms with Crippen LogP contribution in [0.2, 0.25) is 5.02 Å². The first-order valence-corrected chi connectivity index (χ1v) is 7.01. The molecule has 1 fully saturated rings. The van der Waals surface area contributed by atoms with Crippen LogP contribution in [0.5, 0.6) is 0 Å². The highest BCUT2D eigenvalue weighted by Gasteiger charge is 2.22. The van der Waals surface area contributed by atoms with E-state index in [0.717, 1.165) is 15.9 Å². The standard InChI is InChI=1S/C11H13ClN2OS2/c12-9-2-1-3-10(6-9)14-7-13(4-5-15)8-17-11(14)16/h1-3,6,15H,4-5,7-8H2. The first-order chi connectivity index (χ1) is 8.20. The van der Waals surface area contributed by atoms with Crippen LogP contribution in [0.25, 0.3) is 0 Å². The van der Waals surface area contributed by atoms with Gasteiger partial charge in [-0.25, -0.2) is 0 Å². The minimum atomic E-state index is 0.163. The van der Waals surface area contributed by atoms with E-state index in [2.05, 4.69) is 4.90 Å². The molecule has 0 aliphatic carbocycles. The average Bonchev–Trinajstić information content (AvgIpc) is 2.32. The Hall–Kier alpha value is -0.330. The highest BCUT2D eigenvalue weighted by molar-refractivity contribution is 8.23. The summed E-state index contributed by atoms with van der Waals surface area (Å²) in [5.41, 5.74) is 0.998. The Kier molecular flexibility index (Phi) is 4.64. The van der Waals surface area contributed by atoms with Crippen molar-refractivity contribution < 1.29 is 5.11 Å². The van der Waals surface area contributed by atoms with E-state index < -0.39 is 0 Å². The van der Waals surface area contributed by atoms with Crippen LogP contribution in [0.1, 0.15) is 0 Å². The van der Waals surface area contributed by atoms with Crippen LogP contribution in [0, 0.1) is 0 Å². The second-order valence-corrected chi connectivity index (χ2v) is 5.72. The molecule has 1 N–H and O–H groups in total. The minimum Gasteiger partial charge on any atom is -0.395 e. The van der Waals surface area contributed by atoms with Crippen LogP contribution < -0.4 is 4.90 Å². The van der Waals surface area contributed by atoms with E-state index in [4.69, 9.17) is 28.9 Å². The summed E-state index contributed by atoms with van der Waals surface area (Å²) in [6.45, 7) is 1.52. The largest absolute Gasteiger partial charge is 0.395 e. The number of nitrogens with zero attached hydrogens (tertiary/aromatic N) is 2. The predicted molar refractivity (Wildman–Crippen MR) is 77.6 cm³/mol. The van der Waals surface area contributed by atoms with Crippen molar-refractivity contribution >= 4 is 45.6 Å². The molecule has 0 radical (unpaired) electrons. The van der Waals surface area contributed by atoms with E-state index >= 15 is 0 Å². The van der Waals surface area contributed by atoms with Gasteiger partial charge in [-0.1, -0.05) is 41.6 Å². The van der Waals surface area contributed by atoms with Crippen LogP contribution in [0.3, 0.4) is 0 Å². The third kappa shape index (κ3) is 3.33. The van der Waals surface area contributed by atoms with Crippen molar-refractivity contribution in [3.05, 3.63) is 29.3 Å². The smallest absolute Gasteiger partial charge is 0.143 e. The molecule has 1 aliphatic rings. The molecular formula is C11H13ClN2OS2.